The summed E-state index contributed by atoms with van der Waals surface area (Å²) in [5.41, 5.74) is 6.80. The number of halogens is 2. The van der Waals surface area contributed by atoms with E-state index in [2.05, 4.69) is 15.9 Å². The fourth-order valence-electron chi connectivity index (χ4n) is 2.06. The summed E-state index contributed by atoms with van der Waals surface area (Å²) in [6.07, 6.45) is -0.503. The molecule has 0 saturated heterocycles. The van der Waals surface area contributed by atoms with Gasteiger partial charge in [0.05, 0.1) is 7.11 Å². The van der Waals surface area contributed by atoms with Crippen LogP contribution in [-0.2, 0) is 0 Å². The number of methoxy groups -OCH3 is 1. The Bertz CT molecular complexity index is 619. The van der Waals surface area contributed by atoms with Crippen LogP contribution in [0.1, 0.15) is 18.6 Å². The van der Waals surface area contributed by atoms with Crippen LogP contribution in [0, 0.1) is 5.82 Å². The molecule has 0 aromatic heterocycles. The minimum atomic E-state index is -0.503. The Kier molecular flexibility index (Phi) is 5.20. The fraction of sp³-hybridized carbons (Fsp3) is 0.250. The number of hydrogen-bond acceptors (Lipinski definition) is 3. The van der Waals surface area contributed by atoms with Gasteiger partial charge in [-0.3, -0.25) is 0 Å². The van der Waals surface area contributed by atoms with E-state index in [1.165, 1.54) is 6.07 Å². The van der Waals surface area contributed by atoms with E-state index in [1.54, 1.807) is 19.2 Å². The minimum Gasteiger partial charge on any atom is -0.496 e. The fourth-order valence-corrected chi connectivity index (χ4v) is 2.40. The van der Waals surface area contributed by atoms with Gasteiger partial charge in [-0.2, -0.15) is 0 Å². The van der Waals surface area contributed by atoms with E-state index in [-0.39, 0.29) is 11.8 Å². The molecule has 0 bridgehead atoms. The van der Waals surface area contributed by atoms with Crippen molar-refractivity contribution < 1.29 is 13.9 Å². The topological polar surface area (TPSA) is 44.5 Å². The van der Waals surface area contributed by atoms with Gasteiger partial charge in [0.15, 0.2) is 11.6 Å². The van der Waals surface area contributed by atoms with Gasteiger partial charge in [0.25, 0.3) is 0 Å². The highest BCUT2D eigenvalue weighted by atomic mass is 79.9. The van der Waals surface area contributed by atoms with Crippen LogP contribution in [0.5, 0.6) is 11.5 Å². The van der Waals surface area contributed by atoms with Gasteiger partial charge in [-0.1, -0.05) is 34.1 Å². The summed E-state index contributed by atoms with van der Waals surface area (Å²) in [4.78, 5) is 0. The lowest BCUT2D eigenvalue weighted by Gasteiger charge is -2.24. The predicted octanol–water partition coefficient (Wildman–Crippen LogP) is 4.06. The Morgan fingerprint density at radius 1 is 1.14 bits per heavy atom. The summed E-state index contributed by atoms with van der Waals surface area (Å²) in [6, 6.07) is 11.7. The molecule has 0 fully saturated rings. The molecular weight excluding hydrogens is 337 g/mol. The molecule has 2 aromatic carbocycles. The first kappa shape index (κ1) is 15.8. The number of benzene rings is 2. The molecule has 0 aliphatic heterocycles. The molecule has 21 heavy (non-hydrogen) atoms. The molecule has 0 heterocycles. The zero-order chi connectivity index (χ0) is 15.4. The summed E-state index contributed by atoms with van der Waals surface area (Å²) in [7, 11) is 1.58. The summed E-state index contributed by atoms with van der Waals surface area (Å²) in [6.45, 7) is 1.81. The Morgan fingerprint density at radius 3 is 2.48 bits per heavy atom. The normalized spacial score (nSPS) is 13.6. The van der Waals surface area contributed by atoms with E-state index in [0.717, 1.165) is 5.56 Å². The maximum atomic E-state index is 13.9. The largest absolute Gasteiger partial charge is 0.496 e. The maximum Gasteiger partial charge on any atom is 0.166 e. The molecule has 2 N–H and O–H groups in total. The van der Waals surface area contributed by atoms with Crippen molar-refractivity contribution in [3.63, 3.8) is 0 Å². The van der Waals surface area contributed by atoms with Crippen molar-refractivity contribution in [3.8, 4) is 11.5 Å². The highest BCUT2D eigenvalue weighted by Gasteiger charge is 2.23. The molecular formula is C16H17BrFNO2. The van der Waals surface area contributed by atoms with E-state index < -0.39 is 11.9 Å². The number of rotatable bonds is 5. The van der Waals surface area contributed by atoms with E-state index >= 15 is 0 Å². The number of nitrogens with two attached hydrogens (primary N) is 1. The van der Waals surface area contributed by atoms with Gasteiger partial charge in [-0.25, -0.2) is 4.39 Å². The molecule has 0 spiro atoms. The standard InChI is InChI=1S/C16H17BrFNO2/c1-10(19)16(12-5-3-4-6-14(12)20-2)21-15-8-7-11(17)9-13(15)18/h3-10,16H,19H2,1-2H3. The van der Waals surface area contributed by atoms with Crippen molar-refractivity contribution in [2.45, 2.75) is 19.1 Å². The first-order valence-corrected chi connectivity index (χ1v) is 7.32. The van der Waals surface area contributed by atoms with Gasteiger partial charge < -0.3 is 15.2 Å². The molecule has 0 aliphatic carbocycles. The van der Waals surface area contributed by atoms with Gasteiger partial charge in [0.2, 0.25) is 0 Å². The van der Waals surface area contributed by atoms with Crippen LogP contribution in [0.2, 0.25) is 0 Å². The third-order valence-electron chi connectivity index (χ3n) is 3.07. The Labute approximate surface area is 132 Å². The van der Waals surface area contributed by atoms with Crippen LogP contribution in [-0.4, -0.2) is 13.2 Å². The number of hydrogen-bond donors (Lipinski definition) is 1. The first-order valence-electron chi connectivity index (χ1n) is 6.53. The second-order valence-corrected chi connectivity index (χ2v) is 5.63. The molecule has 0 saturated carbocycles. The summed E-state index contributed by atoms with van der Waals surface area (Å²) >= 11 is 3.22. The third-order valence-corrected chi connectivity index (χ3v) is 3.56. The lowest BCUT2D eigenvalue weighted by Crippen LogP contribution is -2.29. The van der Waals surface area contributed by atoms with E-state index in [9.17, 15) is 4.39 Å². The molecule has 3 nitrogen and oxygen atoms in total. The zero-order valence-corrected chi connectivity index (χ0v) is 13.4. The van der Waals surface area contributed by atoms with E-state index in [4.69, 9.17) is 15.2 Å². The smallest absolute Gasteiger partial charge is 0.166 e. The average Bonchev–Trinajstić information content (AvgIpc) is 2.46. The lowest BCUT2D eigenvalue weighted by atomic mass is 10.0. The van der Waals surface area contributed by atoms with Crippen LogP contribution in [0.15, 0.2) is 46.9 Å². The van der Waals surface area contributed by atoms with Crippen molar-refractivity contribution >= 4 is 15.9 Å². The van der Waals surface area contributed by atoms with Crippen molar-refractivity contribution in [1.82, 2.24) is 0 Å². The van der Waals surface area contributed by atoms with Crippen molar-refractivity contribution in [2.24, 2.45) is 5.73 Å². The summed E-state index contributed by atoms with van der Waals surface area (Å²) < 4.78 is 25.7. The summed E-state index contributed by atoms with van der Waals surface area (Å²) in [5.74, 6) is 0.383. The minimum absolute atomic E-state index is 0.159. The Morgan fingerprint density at radius 2 is 1.86 bits per heavy atom. The van der Waals surface area contributed by atoms with Gasteiger partial charge in [-0.15, -0.1) is 0 Å². The Balaban J connectivity index is 2.36. The molecule has 2 rings (SSSR count). The monoisotopic (exact) mass is 353 g/mol. The average molecular weight is 354 g/mol. The molecule has 2 aromatic rings. The predicted molar refractivity (Wildman–Crippen MR) is 84.1 cm³/mol. The number of para-hydroxylation sites is 1. The van der Waals surface area contributed by atoms with E-state index in [1.807, 2.05) is 31.2 Å². The first-order chi connectivity index (χ1) is 10.0. The third kappa shape index (κ3) is 3.74. The van der Waals surface area contributed by atoms with Crippen LogP contribution in [0.4, 0.5) is 4.39 Å². The highest BCUT2D eigenvalue weighted by Crippen LogP contribution is 2.32. The molecule has 2 unspecified atom stereocenters. The number of ether oxygens (including phenoxy) is 2. The second-order valence-electron chi connectivity index (χ2n) is 4.71. The molecule has 0 amide bonds. The highest BCUT2D eigenvalue weighted by molar-refractivity contribution is 9.10. The molecule has 112 valence electrons. The summed E-state index contributed by atoms with van der Waals surface area (Å²) in [5, 5.41) is 0. The zero-order valence-electron chi connectivity index (χ0n) is 11.8. The van der Waals surface area contributed by atoms with E-state index in [0.29, 0.717) is 10.2 Å². The van der Waals surface area contributed by atoms with Gasteiger partial charge in [0.1, 0.15) is 11.9 Å². The maximum absolute atomic E-state index is 13.9. The van der Waals surface area contributed by atoms with Crippen molar-refractivity contribution in [2.75, 3.05) is 7.11 Å². The van der Waals surface area contributed by atoms with Crippen molar-refractivity contribution in [1.29, 1.82) is 0 Å². The van der Waals surface area contributed by atoms with Crippen LogP contribution in [0.25, 0.3) is 0 Å². The second kappa shape index (κ2) is 6.91. The molecule has 0 aliphatic rings. The van der Waals surface area contributed by atoms with Gasteiger partial charge >= 0.3 is 0 Å². The molecule has 2 atom stereocenters. The quantitative estimate of drug-likeness (QED) is 0.881. The van der Waals surface area contributed by atoms with Gasteiger partial charge in [0, 0.05) is 16.1 Å². The van der Waals surface area contributed by atoms with Crippen LogP contribution >= 0.6 is 15.9 Å². The molecule has 0 radical (unpaired) electrons. The van der Waals surface area contributed by atoms with Crippen molar-refractivity contribution in [3.05, 3.63) is 58.3 Å². The molecule has 5 heteroatoms. The van der Waals surface area contributed by atoms with Gasteiger partial charge in [-0.05, 0) is 31.2 Å². The SMILES string of the molecule is COc1ccccc1C(Oc1ccc(Br)cc1F)C(C)N. The van der Waals surface area contributed by atoms with Crippen LogP contribution < -0.4 is 15.2 Å². The Hall–Kier alpha value is -1.59. The lowest BCUT2D eigenvalue weighted by molar-refractivity contribution is 0.168. The van der Waals surface area contributed by atoms with Crippen LogP contribution in [0.3, 0.4) is 0 Å².